The number of urea groups is 1. The third-order valence-electron chi connectivity index (χ3n) is 5.21. The molecule has 0 saturated carbocycles. The minimum absolute atomic E-state index is 0.0186. The fourth-order valence-electron chi connectivity index (χ4n) is 3.48. The van der Waals surface area contributed by atoms with Crippen LogP contribution in [0.5, 0.6) is 0 Å². The number of amidine groups is 1. The van der Waals surface area contributed by atoms with Gasteiger partial charge in [-0.05, 0) is 49.2 Å². The molecule has 0 spiro atoms. The summed E-state index contributed by atoms with van der Waals surface area (Å²) < 4.78 is 24.2. The van der Waals surface area contributed by atoms with Crippen molar-refractivity contribution in [1.29, 1.82) is 5.41 Å². The molecule has 0 aliphatic carbocycles. The normalized spacial score (nSPS) is 11.3. The number of benzene rings is 3. The van der Waals surface area contributed by atoms with Gasteiger partial charge in [-0.25, -0.2) is 13.2 Å². The summed E-state index contributed by atoms with van der Waals surface area (Å²) in [5.41, 5.74) is 9.03. The second-order valence-electron chi connectivity index (χ2n) is 8.11. The number of carbonyl (C=O) groups excluding carboxylic acids is 1. The summed E-state index contributed by atoms with van der Waals surface area (Å²) in [5.74, 6) is -0.0186. The van der Waals surface area contributed by atoms with Gasteiger partial charge in [0.1, 0.15) is 5.84 Å². The highest BCUT2D eigenvalue weighted by atomic mass is 32.2. The van der Waals surface area contributed by atoms with E-state index < -0.39 is 9.84 Å². The Morgan fingerprint density at radius 3 is 2.30 bits per heavy atom. The van der Waals surface area contributed by atoms with Gasteiger partial charge in [-0.15, -0.1) is 0 Å². The first kappa shape index (κ1) is 24.0. The van der Waals surface area contributed by atoms with Gasteiger partial charge in [-0.1, -0.05) is 48.5 Å². The SMILES string of the molecule is CC(C)N(Cc1cccc(C(=N)N)c1)C(=O)Nc1ccc(-c2ccccc2S(C)(=O)=O)cc1. The van der Waals surface area contributed by atoms with E-state index in [1.807, 2.05) is 26.0 Å². The van der Waals surface area contributed by atoms with E-state index in [1.54, 1.807) is 65.6 Å². The lowest BCUT2D eigenvalue weighted by Gasteiger charge is -2.27. The Labute approximate surface area is 194 Å². The first-order valence-electron chi connectivity index (χ1n) is 10.5. The molecule has 8 heteroatoms. The van der Waals surface area contributed by atoms with Crippen molar-refractivity contribution in [3.63, 3.8) is 0 Å². The fourth-order valence-corrected chi connectivity index (χ4v) is 4.39. The third-order valence-corrected chi connectivity index (χ3v) is 6.36. The number of amides is 2. The topological polar surface area (TPSA) is 116 Å². The van der Waals surface area contributed by atoms with Crippen molar-refractivity contribution in [2.75, 3.05) is 11.6 Å². The van der Waals surface area contributed by atoms with Crippen LogP contribution in [-0.4, -0.2) is 37.5 Å². The average Bonchev–Trinajstić information content (AvgIpc) is 2.77. The summed E-state index contributed by atoms with van der Waals surface area (Å²) >= 11 is 0. The molecule has 0 atom stereocenters. The van der Waals surface area contributed by atoms with E-state index in [0.29, 0.717) is 23.4 Å². The minimum atomic E-state index is -3.37. The number of hydrogen-bond donors (Lipinski definition) is 3. The molecular weight excluding hydrogens is 436 g/mol. The van der Waals surface area contributed by atoms with Crippen LogP contribution in [0.25, 0.3) is 11.1 Å². The van der Waals surface area contributed by atoms with Crippen molar-refractivity contribution >= 4 is 27.4 Å². The Kier molecular flexibility index (Phi) is 7.18. The Hall–Kier alpha value is -3.65. The Bertz CT molecular complexity index is 1270. The van der Waals surface area contributed by atoms with Gasteiger partial charge in [0.2, 0.25) is 0 Å². The molecule has 4 N–H and O–H groups in total. The van der Waals surface area contributed by atoms with Crippen molar-refractivity contribution in [2.45, 2.75) is 31.3 Å². The Morgan fingerprint density at radius 2 is 1.70 bits per heavy atom. The molecule has 0 unspecified atom stereocenters. The lowest BCUT2D eigenvalue weighted by Crippen LogP contribution is -2.39. The van der Waals surface area contributed by atoms with E-state index in [-0.39, 0.29) is 22.8 Å². The van der Waals surface area contributed by atoms with Gasteiger partial charge >= 0.3 is 6.03 Å². The maximum absolute atomic E-state index is 13.0. The van der Waals surface area contributed by atoms with Crippen LogP contribution in [-0.2, 0) is 16.4 Å². The molecule has 172 valence electrons. The van der Waals surface area contributed by atoms with Crippen LogP contribution in [0.3, 0.4) is 0 Å². The van der Waals surface area contributed by atoms with Crippen LogP contribution in [0.4, 0.5) is 10.5 Å². The van der Waals surface area contributed by atoms with Crippen LogP contribution >= 0.6 is 0 Å². The molecule has 0 aliphatic heterocycles. The quantitative estimate of drug-likeness (QED) is 0.353. The molecule has 0 fully saturated rings. The minimum Gasteiger partial charge on any atom is -0.384 e. The predicted octanol–water partition coefficient (Wildman–Crippen LogP) is 4.48. The van der Waals surface area contributed by atoms with Gasteiger partial charge in [0.05, 0.1) is 4.90 Å². The maximum Gasteiger partial charge on any atom is 0.322 e. The van der Waals surface area contributed by atoms with Gasteiger partial charge in [0.15, 0.2) is 9.84 Å². The number of hydrogen-bond acceptors (Lipinski definition) is 4. The van der Waals surface area contributed by atoms with E-state index in [0.717, 1.165) is 11.1 Å². The highest BCUT2D eigenvalue weighted by Crippen LogP contribution is 2.28. The second kappa shape index (κ2) is 9.87. The number of carbonyl (C=O) groups is 1. The number of rotatable bonds is 7. The number of sulfone groups is 1. The van der Waals surface area contributed by atoms with Gasteiger partial charge in [0, 0.05) is 35.7 Å². The summed E-state index contributed by atoms with van der Waals surface area (Å²) in [7, 11) is -3.37. The first-order valence-corrected chi connectivity index (χ1v) is 12.4. The molecule has 0 bridgehead atoms. The number of nitrogen functional groups attached to an aromatic ring is 1. The zero-order valence-electron chi connectivity index (χ0n) is 18.9. The zero-order chi connectivity index (χ0) is 24.2. The largest absolute Gasteiger partial charge is 0.384 e. The lowest BCUT2D eigenvalue weighted by molar-refractivity contribution is 0.193. The van der Waals surface area contributed by atoms with Crippen LogP contribution in [0.2, 0.25) is 0 Å². The molecule has 33 heavy (non-hydrogen) atoms. The Balaban J connectivity index is 1.78. The van der Waals surface area contributed by atoms with Crippen LogP contribution in [0, 0.1) is 5.41 Å². The molecule has 0 heterocycles. The zero-order valence-corrected chi connectivity index (χ0v) is 19.7. The Morgan fingerprint density at radius 1 is 1.03 bits per heavy atom. The molecule has 2 amide bonds. The smallest absolute Gasteiger partial charge is 0.322 e. The van der Waals surface area contributed by atoms with Crippen LogP contribution in [0.1, 0.15) is 25.0 Å². The van der Waals surface area contributed by atoms with Crippen molar-refractivity contribution in [2.24, 2.45) is 5.73 Å². The van der Waals surface area contributed by atoms with E-state index in [2.05, 4.69) is 5.32 Å². The summed E-state index contributed by atoms with van der Waals surface area (Å²) in [4.78, 5) is 14.9. The van der Waals surface area contributed by atoms with Crippen LogP contribution in [0.15, 0.2) is 77.7 Å². The van der Waals surface area contributed by atoms with Gasteiger partial charge in [0.25, 0.3) is 0 Å². The summed E-state index contributed by atoms with van der Waals surface area (Å²) in [6, 6.07) is 20.9. The van der Waals surface area contributed by atoms with E-state index in [9.17, 15) is 13.2 Å². The number of nitrogens with zero attached hydrogens (tertiary/aromatic N) is 1. The van der Waals surface area contributed by atoms with Crippen molar-refractivity contribution in [1.82, 2.24) is 4.90 Å². The van der Waals surface area contributed by atoms with E-state index in [1.165, 1.54) is 6.26 Å². The monoisotopic (exact) mass is 464 g/mol. The lowest BCUT2D eigenvalue weighted by atomic mass is 10.1. The van der Waals surface area contributed by atoms with Gasteiger partial charge in [-0.3, -0.25) is 5.41 Å². The van der Waals surface area contributed by atoms with Crippen molar-refractivity contribution < 1.29 is 13.2 Å². The van der Waals surface area contributed by atoms with E-state index in [4.69, 9.17) is 11.1 Å². The molecule has 0 radical (unpaired) electrons. The van der Waals surface area contributed by atoms with Gasteiger partial charge < -0.3 is 16.0 Å². The van der Waals surface area contributed by atoms with Crippen LogP contribution < -0.4 is 11.1 Å². The molecule has 7 nitrogen and oxygen atoms in total. The molecular formula is C25H28N4O3S. The maximum atomic E-state index is 13.0. The summed E-state index contributed by atoms with van der Waals surface area (Å²) in [6.07, 6.45) is 1.19. The highest BCUT2D eigenvalue weighted by molar-refractivity contribution is 7.90. The molecule has 0 aliphatic rings. The number of nitrogens with two attached hydrogens (primary N) is 1. The fraction of sp³-hybridized carbons (Fsp3) is 0.200. The predicted molar refractivity (Wildman–Crippen MR) is 132 cm³/mol. The average molecular weight is 465 g/mol. The molecule has 0 aromatic heterocycles. The second-order valence-corrected chi connectivity index (χ2v) is 10.1. The van der Waals surface area contributed by atoms with E-state index >= 15 is 0 Å². The molecule has 0 saturated heterocycles. The van der Waals surface area contributed by atoms with Crippen molar-refractivity contribution in [3.05, 3.63) is 83.9 Å². The third kappa shape index (κ3) is 5.98. The molecule has 3 aromatic carbocycles. The van der Waals surface area contributed by atoms with Gasteiger partial charge in [-0.2, -0.15) is 0 Å². The highest BCUT2D eigenvalue weighted by Gasteiger charge is 2.18. The molecule has 3 aromatic rings. The summed E-state index contributed by atoms with van der Waals surface area (Å²) in [6.45, 7) is 4.23. The standard InChI is InChI=1S/C25H28N4O3S/c1-17(2)29(16-18-7-6-8-20(15-18)24(26)27)25(30)28-21-13-11-19(12-14-21)22-9-4-5-10-23(22)33(3,31)32/h4-15,17H,16H2,1-3H3,(H3,26,27)(H,28,30). The number of nitrogens with one attached hydrogen (secondary N) is 2. The first-order chi connectivity index (χ1) is 15.6. The summed E-state index contributed by atoms with van der Waals surface area (Å²) in [5, 5.41) is 10.5. The number of anilines is 1. The molecule has 3 rings (SSSR count). The van der Waals surface area contributed by atoms with Crippen molar-refractivity contribution in [3.8, 4) is 11.1 Å².